The van der Waals surface area contributed by atoms with Crippen molar-refractivity contribution in [3.63, 3.8) is 0 Å². The highest BCUT2D eigenvalue weighted by Gasteiger charge is 2.06. The maximum Gasteiger partial charge on any atom is 0.220 e. The summed E-state index contributed by atoms with van der Waals surface area (Å²) in [5.74, 6) is 0.978. The minimum Gasteiger partial charge on any atom is -0.356 e. The Balaban J connectivity index is 2.30. The Bertz CT molecular complexity index is 313. The monoisotopic (exact) mass is 239 g/mol. The van der Waals surface area contributed by atoms with Gasteiger partial charge in [0.15, 0.2) is 0 Å². The standard InChI is InChI=1S/C13H18ClNO/c1-11(12-6-3-2-4-7-12)10-15-13(16)8-5-9-14/h2-4,6-7,11H,5,8-10H2,1H3,(H,15,16). The van der Waals surface area contributed by atoms with Gasteiger partial charge in [0, 0.05) is 18.8 Å². The van der Waals surface area contributed by atoms with Crippen LogP contribution in [-0.2, 0) is 4.79 Å². The Morgan fingerprint density at radius 3 is 2.69 bits per heavy atom. The van der Waals surface area contributed by atoms with Crippen LogP contribution in [-0.4, -0.2) is 18.3 Å². The van der Waals surface area contributed by atoms with Gasteiger partial charge < -0.3 is 5.32 Å². The average molecular weight is 240 g/mol. The van der Waals surface area contributed by atoms with E-state index < -0.39 is 0 Å². The first kappa shape index (κ1) is 13.0. The lowest BCUT2D eigenvalue weighted by molar-refractivity contribution is -0.121. The van der Waals surface area contributed by atoms with Crippen molar-refractivity contribution >= 4 is 17.5 Å². The lowest BCUT2D eigenvalue weighted by Gasteiger charge is -2.12. The molecule has 0 radical (unpaired) electrons. The molecule has 1 amide bonds. The highest BCUT2D eigenvalue weighted by molar-refractivity contribution is 6.17. The number of benzene rings is 1. The van der Waals surface area contributed by atoms with Gasteiger partial charge in [-0.15, -0.1) is 11.6 Å². The van der Waals surface area contributed by atoms with Gasteiger partial charge in [0.05, 0.1) is 0 Å². The predicted molar refractivity (Wildman–Crippen MR) is 67.8 cm³/mol. The number of alkyl halides is 1. The molecule has 3 heteroatoms. The highest BCUT2D eigenvalue weighted by Crippen LogP contribution is 2.12. The Morgan fingerprint density at radius 1 is 1.38 bits per heavy atom. The van der Waals surface area contributed by atoms with Crippen LogP contribution in [0.15, 0.2) is 30.3 Å². The summed E-state index contributed by atoms with van der Waals surface area (Å²) >= 11 is 5.52. The van der Waals surface area contributed by atoms with Crippen molar-refractivity contribution in [2.75, 3.05) is 12.4 Å². The number of carbonyl (C=O) groups excluding carboxylic acids is 1. The van der Waals surface area contributed by atoms with E-state index in [2.05, 4.69) is 24.4 Å². The molecule has 0 saturated heterocycles. The molecule has 0 spiro atoms. The molecule has 0 aromatic heterocycles. The molecule has 2 nitrogen and oxygen atoms in total. The van der Waals surface area contributed by atoms with Gasteiger partial charge in [0.1, 0.15) is 0 Å². The molecule has 0 fully saturated rings. The van der Waals surface area contributed by atoms with Crippen LogP contribution in [0.3, 0.4) is 0 Å². The molecule has 1 unspecified atom stereocenters. The first-order chi connectivity index (χ1) is 7.74. The third kappa shape index (κ3) is 4.67. The molecule has 1 rings (SSSR count). The Kier molecular flexibility index (Phi) is 5.94. The molecule has 1 N–H and O–H groups in total. The van der Waals surface area contributed by atoms with Crippen LogP contribution in [0.2, 0.25) is 0 Å². The molecule has 0 aliphatic heterocycles. The van der Waals surface area contributed by atoms with Gasteiger partial charge in [-0.3, -0.25) is 4.79 Å². The maximum absolute atomic E-state index is 11.4. The third-order valence-corrected chi connectivity index (χ3v) is 2.78. The zero-order chi connectivity index (χ0) is 11.8. The molecule has 1 atom stereocenters. The molecule has 88 valence electrons. The first-order valence-electron chi connectivity index (χ1n) is 5.61. The normalized spacial score (nSPS) is 12.1. The van der Waals surface area contributed by atoms with E-state index in [9.17, 15) is 4.79 Å². The van der Waals surface area contributed by atoms with Crippen LogP contribution in [0.1, 0.15) is 31.2 Å². The molecule has 16 heavy (non-hydrogen) atoms. The van der Waals surface area contributed by atoms with E-state index in [4.69, 9.17) is 11.6 Å². The first-order valence-corrected chi connectivity index (χ1v) is 6.15. The van der Waals surface area contributed by atoms with Gasteiger partial charge in [-0.25, -0.2) is 0 Å². The van der Waals surface area contributed by atoms with Crippen molar-refractivity contribution in [3.8, 4) is 0 Å². The quantitative estimate of drug-likeness (QED) is 0.760. The molecule has 0 bridgehead atoms. The van der Waals surface area contributed by atoms with Crippen molar-refractivity contribution in [2.45, 2.75) is 25.7 Å². The van der Waals surface area contributed by atoms with Crippen LogP contribution in [0.25, 0.3) is 0 Å². The Labute approximate surface area is 102 Å². The largest absolute Gasteiger partial charge is 0.356 e. The van der Waals surface area contributed by atoms with Crippen LogP contribution < -0.4 is 5.32 Å². The summed E-state index contributed by atoms with van der Waals surface area (Å²) in [5.41, 5.74) is 1.25. The molecule has 0 heterocycles. The number of rotatable bonds is 6. The van der Waals surface area contributed by atoms with E-state index in [0.29, 0.717) is 24.8 Å². The summed E-state index contributed by atoms with van der Waals surface area (Å²) in [5, 5.41) is 2.92. The second-order valence-corrected chi connectivity index (χ2v) is 4.29. The average Bonchev–Trinajstić information content (AvgIpc) is 2.34. The van der Waals surface area contributed by atoms with E-state index in [0.717, 1.165) is 6.42 Å². The molecule has 0 aliphatic carbocycles. The van der Waals surface area contributed by atoms with E-state index in [-0.39, 0.29) is 5.91 Å². The van der Waals surface area contributed by atoms with Crippen molar-refractivity contribution in [1.29, 1.82) is 0 Å². The van der Waals surface area contributed by atoms with Crippen LogP contribution in [0.5, 0.6) is 0 Å². The number of carbonyl (C=O) groups is 1. The molecule has 1 aromatic rings. The van der Waals surface area contributed by atoms with E-state index in [1.165, 1.54) is 5.56 Å². The number of hydrogen-bond acceptors (Lipinski definition) is 1. The summed E-state index contributed by atoms with van der Waals surface area (Å²) in [6.07, 6.45) is 1.26. The van der Waals surface area contributed by atoms with Crippen molar-refractivity contribution in [2.24, 2.45) is 0 Å². The third-order valence-electron chi connectivity index (χ3n) is 2.51. The van der Waals surface area contributed by atoms with E-state index in [1.54, 1.807) is 0 Å². The lowest BCUT2D eigenvalue weighted by atomic mass is 10.0. The van der Waals surface area contributed by atoms with Gasteiger partial charge in [-0.05, 0) is 17.9 Å². The van der Waals surface area contributed by atoms with Crippen LogP contribution in [0, 0.1) is 0 Å². The highest BCUT2D eigenvalue weighted by atomic mass is 35.5. The van der Waals surface area contributed by atoms with Gasteiger partial charge in [-0.1, -0.05) is 37.3 Å². The minimum absolute atomic E-state index is 0.0865. The molecule has 1 aromatic carbocycles. The number of halogens is 1. The zero-order valence-electron chi connectivity index (χ0n) is 9.58. The maximum atomic E-state index is 11.4. The predicted octanol–water partition coefficient (Wildman–Crippen LogP) is 2.93. The number of hydrogen-bond donors (Lipinski definition) is 1. The number of amides is 1. The fourth-order valence-corrected chi connectivity index (χ4v) is 1.62. The molecule has 0 saturated carbocycles. The van der Waals surface area contributed by atoms with Gasteiger partial charge in [0.25, 0.3) is 0 Å². The fourth-order valence-electron chi connectivity index (χ4n) is 1.48. The van der Waals surface area contributed by atoms with E-state index >= 15 is 0 Å². The summed E-state index contributed by atoms with van der Waals surface area (Å²) < 4.78 is 0. The molecular weight excluding hydrogens is 222 g/mol. The lowest BCUT2D eigenvalue weighted by Crippen LogP contribution is -2.27. The second kappa shape index (κ2) is 7.29. The van der Waals surface area contributed by atoms with Crippen molar-refractivity contribution < 1.29 is 4.79 Å². The zero-order valence-corrected chi connectivity index (χ0v) is 10.3. The number of nitrogens with one attached hydrogen (secondary N) is 1. The minimum atomic E-state index is 0.0865. The SMILES string of the molecule is CC(CNC(=O)CCCCl)c1ccccc1. The molecular formula is C13H18ClNO. The Hall–Kier alpha value is -1.02. The summed E-state index contributed by atoms with van der Waals surface area (Å²) in [7, 11) is 0. The van der Waals surface area contributed by atoms with Crippen LogP contribution in [0.4, 0.5) is 0 Å². The van der Waals surface area contributed by atoms with Crippen molar-refractivity contribution in [1.82, 2.24) is 5.32 Å². The summed E-state index contributed by atoms with van der Waals surface area (Å²) in [4.78, 5) is 11.4. The Morgan fingerprint density at radius 2 is 2.06 bits per heavy atom. The smallest absolute Gasteiger partial charge is 0.220 e. The van der Waals surface area contributed by atoms with Gasteiger partial charge >= 0.3 is 0 Å². The second-order valence-electron chi connectivity index (χ2n) is 3.91. The van der Waals surface area contributed by atoms with Gasteiger partial charge in [-0.2, -0.15) is 0 Å². The van der Waals surface area contributed by atoms with Crippen molar-refractivity contribution in [3.05, 3.63) is 35.9 Å². The topological polar surface area (TPSA) is 29.1 Å². The fraction of sp³-hybridized carbons (Fsp3) is 0.462. The van der Waals surface area contributed by atoms with E-state index in [1.807, 2.05) is 18.2 Å². The van der Waals surface area contributed by atoms with Crippen LogP contribution >= 0.6 is 11.6 Å². The summed E-state index contributed by atoms with van der Waals surface area (Å²) in [6.45, 7) is 2.79. The van der Waals surface area contributed by atoms with Gasteiger partial charge in [0.2, 0.25) is 5.91 Å². The summed E-state index contributed by atoms with van der Waals surface area (Å²) in [6, 6.07) is 10.2. The molecule has 0 aliphatic rings.